The summed E-state index contributed by atoms with van der Waals surface area (Å²) in [7, 11) is 4.00. The fourth-order valence-corrected chi connectivity index (χ4v) is 3.59. The standard InChI is InChI=1S/C19H25N5O2/c1-4-24-17-8-6-5-7-15(17)16(21-24)11-22(2)18-12-25-13-19(18)26-14-9-20-23(3)10-14/h5-10,18-19H,4,11-13H2,1-3H3/t18-,19+/m0/s1. The fraction of sp³-hybridized carbons (Fsp3) is 0.474. The van der Waals surface area contributed by atoms with Crippen LogP contribution >= 0.6 is 0 Å². The van der Waals surface area contributed by atoms with Gasteiger partial charge in [0.1, 0.15) is 6.10 Å². The molecular weight excluding hydrogens is 330 g/mol. The van der Waals surface area contributed by atoms with Gasteiger partial charge in [-0.25, -0.2) is 0 Å². The molecule has 0 bridgehead atoms. The minimum absolute atomic E-state index is 0.0104. The summed E-state index contributed by atoms with van der Waals surface area (Å²) in [6, 6.07) is 8.59. The van der Waals surface area contributed by atoms with Gasteiger partial charge < -0.3 is 9.47 Å². The van der Waals surface area contributed by atoms with Gasteiger partial charge in [-0.2, -0.15) is 10.2 Å². The highest BCUT2D eigenvalue weighted by Gasteiger charge is 2.34. The second-order valence-electron chi connectivity index (χ2n) is 6.81. The van der Waals surface area contributed by atoms with Crippen LogP contribution in [-0.4, -0.2) is 56.9 Å². The zero-order valence-corrected chi connectivity index (χ0v) is 15.5. The monoisotopic (exact) mass is 355 g/mol. The largest absolute Gasteiger partial charge is 0.483 e. The van der Waals surface area contributed by atoms with Crippen LogP contribution in [0.2, 0.25) is 0 Å². The summed E-state index contributed by atoms with van der Waals surface area (Å²) in [4.78, 5) is 2.28. The lowest BCUT2D eigenvalue weighted by Crippen LogP contribution is -2.43. The fourth-order valence-electron chi connectivity index (χ4n) is 3.59. The van der Waals surface area contributed by atoms with Crippen LogP contribution in [0.1, 0.15) is 12.6 Å². The third-order valence-electron chi connectivity index (χ3n) is 4.97. The van der Waals surface area contributed by atoms with E-state index in [2.05, 4.69) is 52.9 Å². The Morgan fingerprint density at radius 1 is 1.31 bits per heavy atom. The van der Waals surface area contributed by atoms with E-state index < -0.39 is 0 Å². The average Bonchev–Trinajstić information content (AvgIpc) is 3.35. The topological polar surface area (TPSA) is 57.3 Å². The van der Waals surface area contributed by atoms with Gasteiger partial charge in [0.15, 0.2) is 5.75 Å². The lowest BCUT2D eigenvalue weighted by atomic mass is 10.1. The number of para-hydroxylation sites is 1. The van der Waals surface area contributed by atoms with E-state index in [-0.39, 0.29) is 12.1 Å². The average molecular weight is 355 g/mol. The first-order valence-corrected chi connectivity index (χ1v) is 9.03. The van der Waals surface area contributed by atoms with Crippen LogP contribution in [0.5, 0.6) is 5.75 Å². The molecule has 7 nitrogen and oxygen atoms in total. The number of aromatic nitrogens is 4. The summed E-state index contributed by atoms with van der Waals surface area (Å²) >= 11 is 0. The zero-order valence-electron chi connectivity index (χ0n) is 15.5. The van der Waals surface area contributed by atoms with Crippen molar-refractivity contribution in [3.8, 4) is 5.75 Å². The zero-order chi connectivity index (χ0) is 18.1. The van der Waals surface area contributed by atoms with Gasteiger partial charge in [-0.15, -0.1) is 0 Å². The molecule has 2 atom stereocenters. The van der Waals surface area contributed by atoms with Crippen LogP contribution in [0.3, 0.4) is 0 Å². The number of hydrogen-bond donors (Lipinski definition) is 0. The highest BCUT2D eigenvalue weighted by atomic mass is 16.5. The first-order chi connectivity index (χ1) is 12.7. The number of hydrogen-bond acceptors (Lipinski definition) is 5. The van der Waals surface area contributed by atoms with Gasteiger partial charge in [-0.3, -0.25) is 14.3 Å². The highest BCUT2D eigenvalue weighted by Crippen LogP contribution is 2.23. The summed E-state index contributed by atoms with van der Waals surface area (Å²) in [5.74, 6) is 0.780. The molecule has 26 heavy (non-hydrogen) atoms. The maximum Gasteiger partial charge on any atom is 0.157 e. The van der Waals surface area contributed by atoms with Crippen LogP contribution in [0.25, 0.3) is 10.9 Å². The minimum atomic E-state index is -0.0104. The van der Waals surface area contributed by atoms with E-state index in [1.165, 1.54) is 10.9 Å². The Labute approximate surface area is 153 Å². The maximum absolute atomic E-state index is 6.11. The van der Waals surface area contributed by atoms with E-state index in [1.54, 1.807) is 10.9 Å². The Morgan fingerprint density at radius 2 is 2.15 bits per heavy atom. The van der Waals surface area contributed by atoms with Crippen molar-refractivity contribution in [3.05, 3.63) is 42.4 Å². The van der Waals surface area contributed by atoms with Crippen molar-refractivity contribution in [2.45, 2.75) is 32.2 Å². The van der Waals surface area contributed by atoms with Gasteiger partial charge in [0, 0.05) is 25.5 Å². The molecule has 1 aliphatic heterocycles. The molecule has 4 rings (SSSR count). The van der Waals surface area contributed by atoms with Crippen LogP contribution in [0.4, 0.5) is 0 Å². The van der Waals surface area contributed by atoms with Crippen molar-refractivity contribution >= 4 is 10.9 Å². The van der Waals surface area contributed by atoms with Gasteiger partial charge in [0.25, 0.3) is 0 Å². The van der Waals surface area contributed by atoms with E-state index in [0.717, 1.165) is 24.5 Å². The Bertz CT molecular complexity index is 887. The van der Waals surface area contributed by atoms with Gasteiger partial charge in [-0.1, -0.05) is 18.2 Å². The highest BCUT2D eigenvalue weighted by molar-refractivity contribution is 5.81. The SMILES string of the molecule is CCn1nc(CN(C)[C@H]2COC[C@H]2Oc2cnn(C)c2)c2ccccc21. The molecule has 1 fully saturated rings. The van der Waals surface area contributed by atoms with Crippen molar-refractivity contribution in [1.29, 1.82) is 0 Å². The van der Waals surface area contributed by atoms with Crippen LogP contribution in [0.15, 0.2) is 36.7 Å². The third-order valence-corrected chi connectivity index (χ3v) is 4.97. The smallest absolute Gasteiger partial charge is 0.157 e. The molecule has 7 heteroatoms. The molecule has 0 spiro atoms. The molecule has 0 N–H and O–H groups in total. The Balaban J connectivity index is 1.51. The van der Waals surface area contributed by atoms with Crippen molar-refractivity contribution in [2.24, 2.45) is 7.05 Å². The maximum atomic E-state index is 6.11. The first kappa shape index (κ1) is 17.1. The summed E-state index contributed by atoms with van der Waals surface area (Å²) in [5.41, 5.74) is 2.28. The van der Waals surface area contributed by atoms with Crippen molar-refractivity contribution < 1.29 is 9.47 Å². The molecule has 0 saturated carbocycles. The number of aryl methyl sites for hydroxylation is 2. The minimum Gasteiger partial charge on any atom is -0.483 e. The molecule has 3 heterocycles. The van der Waals surface area contributed by atoms with Crippen molar-refractivity contribution in [2.75, 3.05) is 20.3 Å². The molecule has 0 unspecified atom stereocenters. The van der Waals surface area contributed by atoms with Gasteiger partial charge in [0.05, 0.1) is 42.9 Å². The second-order valence-corrected chi connectivity index (χ2v) is 6.81. The van der Waals surface area contributed by atoms with Gasteiger partial charge >= 0.3 is 0 Å². The number of fused-ring (bicyclic) bond motifs is 1. The van der Waals surface area contributed by atoms with E-state index >= 15 is 0 Å². The number of nitrogens with zero attached hydrogens (tertiary/aromatic N) is 5. The van der Waals surface area contributed by atoms with E-state index in [0.29, 0.717) is 13.2 Å². The number of ether oxygens (including phenoxy) is 2. The van der Waals surface area contributed by atoms with Crippen molar-refractivity contribution in [3.63, 3.8) is 0 Å². The van der Waals surface area contributed by atoms with E-state index in [9.17, 15) is 0 Å². The molecule has 1 aromatic carbocycles. The summed E-state index contributed by atoms with van der Waals surface area (Å²) in [6.07, 6.45) is 3.61. The first-order valence-electron chi connectivity index (χ1n) is 9.03. The Hall–Kier alpha value is -2.38. The molecule has 1 saturated heterocycles. The molecule has 1 aliphatic rings. The van der Waals surface area contributed by atoms with E-state index in [4.69, 9.17) is 14.6 Å². The quantitative estimate of drug-likeness (QED) is 0.677. The number of benzene rings is 1. The lowest BCUT2D eigenvalue weighted by molar-refractivity contribution is 0.112. The predicted molar refractivity (Wildman–Crippen MR) is 99.1 cm³/mol. The normalized spacial score (nSPS) is 20.3. The molecule has 2 aromatic heterocycles. The summed E-state index contributed by atoms with van der Waals surface area (Å²) < 4.78 is 15.6. The molecule has 0 radical (unpaired) electrons. The predicted octanol–water partition coefficient (Wildman–Crippen LogP) is 2.07. The summed E-state index contributed by atoms with van der Waals surface area (Å²) in [6.45, 7) is 5.00. The molecular formula is C19H25N5O2. The molecule has 138 valence electrons. The molecule has 0 aliphatic carbocycles. The van der Waals surface area contributed by atoms with Crippen LogP contribution in [0, 0.1) is 0 Å². The lowest BCUT2D eigenvalue weighted by Gasteiger charge is -2.27. The molecule has 0 amide bonds. The Kier molecular flexibility index (Phi) is 4.65. The van der Waals surface area contributed by atoms with Crippen LogP contribution in [-0.2, 0) is 24.9 Å². The summed E-state index contributed by atoms with van der Waals surface area (Å²) in [5, 5.41) is 10.2. The van der Waals surface area contributed by atoms with Crippen molar-refractivity contribution in [1.82, 2.24) is 24.5 Å². The second kappa shape index (κ2) is 7.09. The third kappa shape index (κ3) is 3.20. The van der Waals surface area contributed by atoms with Crippen LogP contribution < -0.4 is 4.74 Å². The Morgan fingerprint density at radius 3 is 2.92 bits per heavy atom. The molecule has 3 aromatic rings. The number of rotatable bonds is 6. The number of likely N-dealkylation sites (N-methyl/N-ethyl adjacent to an activating group) is 1. The van der Waals surface area contributed by atoms with E-state index in [1.807, 2.05) is 13.2 Å². The van der Waals surface area contributed by atoms with Gasteiger partial charge in [-0.05, 0) is 20.0 Å². The van der Waals surface area contributed by atoms with Gasteiger partial charge in [0.2, 0.25) is 0 Å².